The first kappa shape index (κ1) is 47.9. The summed E-state index contributed by atoms with van der Waals surface area (Å²) in [6.45, 7) is 28.7. The molecule has 0 aromatic rings. The maximum absolute atomic E-state index is 11.5. The van der Waals surface area contributed by atoms with Crippen LogP contribution < -0.4 is 0 Å². The predicted molar refractivity (Wildman–Crippen MR) is 158 cm³/mol. The Kier molecular flexibility index (Phi) is 24.6. The number of hydrogen-bond donors (Lipinski definition) is 4. The first-order valence-electron chi connectivity index (χ1n) is 13.4. The highest BCUT2D eigenvalue weighted by Gasteiger charge is 2.55. The Labute approximate surface area is 278 Å². The van der Waals surface area contributed by atoms with Crippen molar-refractivity contribution < 1.29 is 77.5 Å². The molecule has 1 saturated heterocycles. The zero-order valence-corrected chi connectivity index (χ0v) is 27.7. The molecule has 2 atom stereocenters. The molecule has 0 saturated carbocycles. The average molecular weight is 691 g/mol. The number of ether oxygens (including phenoxy) is 8. The maximum atomic E-state index is 11.5. The van der Waals surface area contributed by atoms with Crippen molar-refractivity contribution in [1.82, 2.24) is 0 Å². The Bertz CT molecular complexity index is 1170. The lowest BCUT2D eigenvalue weighted by atomic mass is 10.0. The van der Waals surface area contributed by atoms with E-state index in [0.717, 1.165) is 14.2 Å². The van der Waals surface area contributed by atoms with Gasteiger partial charge in [-0.2, -0.15) is 0 Å². The second kappa shape index (κ2) is 24.7. The third kappa shape index (κ3) is 15.4. The van der Waals surface area contributed by atoms with Crippen LogP contribution in [0, 0.1) is 26.3 Å². The van der Waals surface area contributed by atoms with Crippen LogP contribution in [0.2, 0.25) is 0 Å². The molecule has 20 nitrogen and oxygen atoms in total. The second-order valence-electron chi connectivity index (χ2n) is 9.05. The van der Waals surface area contributed by atoms with Gasteiger partial charge in [-0.05, 0) is 13.8 Å². The van der Waals surface area contributed by atoms with Crippen LogP contribution >= 0.6 is 0 Å². The van der Waals surface area contributed by atoms with Crippen molar-refractivity contribution in [3.8, 4) is 0 Å². The molecule has 1 fully saturated rings. The zero-order chi connectivity index (χ0) is 38.0. The van der Waals surface area contributed by atoms with Gasteiger partial charge in [-0.25, -0.2) is 45.5 Å². The van der Waals surface area contributed by atoms with E-state index in [1.165, 1.54) is 21.1 Å². The van der Waals surface area contributed by atoms with Crippen molar-refractivity contribution in [3.05, 3.63) is 45.7 Å². The summed E-state index contributed by atoms with van der Waals surface area (Å²) >= 11 is 0. The van der Waals surface area contributed by atoms with Crippen molar-refractivity contribution in [2.45, 2.75) is 49.7 Å². The minimum atomic E-state index is -1.82. The van der Waals surface area contributed by atoms with Crippen LogP contribution in [-0.2, 0) is 57.1 Å². The molecule has 270 valence electrons. The molecule has 4 N–H and O–H groups in total. The van der Waals surface area contributed by atoms with E-state index in [2.05, 4.69) is 38.3 Å². The van der Waals surface area contributed by atoms with Crippen molar-refractivity contribution in [2.24, 2.45) is 0 Å². The number of rotatable bonds is 12. The van der Waals surface area contributed by atoms with Gasteiger partial charge in [-0.15, -0.1) is 0 Å². The van der Waals surface area contributed by atoms with Crippen LogP contribution in [0.3, 0.4) is 0 Å². The number of nitrogens with zero attached hydrogens (tertiary/aromatic N) is 4. The monoisotopic (exact) mass is 690 g/mol. The number of esters is 4. The molecular formula is C28H42N4O16. The Morgan fingerprint density at radius 3 is 1.54 bits per heavy atom. The van der Waals surface area contributed by atoms with E-state index in [4.69, 9.17) is 65.7 Å². The molecule has 0 radical (unpaired) electrons. The van der Waals surface area contributed by atoms with Gasteiger partial charge < -0.3 is 63.2 Å². The van der Waals surface area contributed by atoms with Gasteiger partial charge in [0.25, 0.3) is 5.97 Å². The lowest BCUT2D eigenvalue weighted by Gasteiger charge is -2.36. The standard InChI is InChI=1S/C10H15NO5.C8H13NO5.C6H9NO4.C4H5NO2/c1-5-14-9(2)15-6-10(11-3,7-16-9)8(12)13-4;1-6(11)14-5-8(4-10,9-2)7(12)13-3;1-7-6(3-8,4-9)5(10)11-2;1-5-3-4(6)7-2/h5-7H2,1-2,4H3;6,10-11H,4-5H2,1,3H3;8-9H,3-4H2,2H3;3H2,2H3. The highest BCUT2D eigenvalue weighted by molar-refractivity contribution is 5.84. The topological polar surface area (TPSA) is 240 Å². The fourth-order valence-electron chi connectivity index (χ4n) is 2.69. The second-order valence-corrected chi connectivity index (χ2v) is 9.05. The molecule has 1 rings (SSSR count). The zero-order valence-electron chi connectivity index (χ0n) is 27.7. The van der Waals surface area contributed by atoms with Crippen LogP contribution in [0.15, 0.2) is 0 Å². The average Bonchev–Trinajstić information content (AvgIpc) is 3.10. The van der Waals surface area contributed by atoms with Gasteiger partial charge >= 0.3 is 47.0 Å². The third-order valence-corrected chi connectivity index (χ3v) is 5.67. The van der Waals surface area contributed by atoms with Crippen molar-refractivity contribution >= 4 is 23.9 Å². The summed E-state index contributed by atoms with van der Waals surface area (Å²) in [7, 11) is 4.69. The summed E-state index contributed by atoms with van der Waals surface area (Å²) in [4.78, 5) is 55.1. The number of methoxy groups -OCH3 is 4. The van der Waals surface area contributed by atoms with Crippen molar-refractivity contribution in [3.63, 3.8) is 0 Å². The van der Waals surface area contributed by atoms with Crippen LogP contribution in [-0.4, -0.2) is 154 Å². The Hall–Kier alpha value is -4.48. The fraction of sp³-hybridized carbons (Fsp3) is 0.714. The highest BCUT2D eigenvalue weighted by atomic mass is 16.9. The first-order valence-corrected chi connectivity index (χ1v) is 13.4. The normalized spacial score (nSPS) is 19.6. The number of aliphatic hydroxyl groups excluding tert-OH is 4. The van der Waals surface area contributed by atoms with E-state index in [9.17, 15) is 19.2 Å². The quantitative estimate of drug-likeness (QED) is 0.0798. The number of carbonyl (C=O) groups is 4. The smallest absolute Gasteiger partial charge is 0.398 e. The van der Waals surface area contributed by atoms with E-state index in [1.54, 1.807) is 13.8 Å². The Morgan fingerprint density at radius 1 is 0.833 bits per heavy atom. The van der Waals surface area contributed by atoms with Crippen LogP contribution in [0.25, 0.3) is 19.4 Å². The van der Waals surface area contributed by atoms with Crippen molar-refractivity contribution in [2.75, 3.05) is 81.2 Å². The number of hydrogen-bond acceptors (Lipinski definition) is 16. The van der Waals surface area contributed by atoms with Crippen LogP contribution in [0.1, 0.15) is 20.8 Å². The van der Waals surface area contributed by atoms with Gasteiger partial charge in [0.2, 0.25) is 0 Å². The van der Waals surface area contributed by atoms with E-state index in [0.29, 0.717) is 6.61 Å². The summed E-state index contributed by atoms with van der Waals surface area (Å²) < 4.78 is 37.7. The largest absolute Gasteiger partial charge is 0.464 e. The highest BCUT2D eigenvalue weighted by Crippen LogP contribution is 2.28. The lowest BCUT2D eigenvalue weighted by Crippen LogP contribution is -2.56. The summed E-state index contributed by atoms with van der Waals surface area (Å²) in [5, 5.41) is 34.9. The molecule has 1 heterocycles. The molecular weight excluding hydrogens is 648 g/mol. The maximum Gasteiger partial charge on any atom is 0.398 e. The Balaban J connectivity index is -0.000000585. The lowest BCUT2D eigenvalue weighted by molar-refractivity contribution is -0.394. The molecule has 20 heteroatoms. The predicted octanol–water partition coefficient (Wildman–Crippen LogP) is -1.38. The van der Waals surface area contributed by atoms with Crippen LogP contribution in [0.4, 0.5) is 0 Å². The Morgan fingerprint density at radius 2 is 1.29 bits per heavy atom. The number of aliphatic hydroxyl groups is 4. The number of carbonyl (C=O) groups excluding carboxylic acids is 4. The van der Waals surface area contributed by atoms with Gasteiger partial charge in [0, 0.05) is 13.5 Å². The summed E-state index contributed by atoms with van der Waals surface area (Å²) in [6, 6.07) is 0. The molecule has 0 aromatic heterocycles. The SMILES string of the molecule is [C-]#[N+]C(CO)(CO)C(=O)OC.[C-]#[N+]C(CO)(COC(C)O)C(=O)OC.[C-]#[N+]C1(C(=O)OC)COC(C)(OCC)OC1.[C-]#[N+]CC(=O)OC. The van der Waals surface area contributed by atoms with E-state index < -0.39 is 79.2 Å². The summed E-state index contributed by atoms with van der Waals surface area (Å²) in [5.41, 5.74) is -5.01. The molecule has 1 aliphatic heterocycles. The molecule has 1 aliphatic rings. The summed E-state index contributed by atoms with van der Waals surface area (Å²) in [5.74, 6) is -4.11. The third-order valence-electron chi connectivity index (χ3n) is 5.67. The van der Waals surface area contributed by atoms with Gasteiger partial charge in [-0.1, -0.05) is 0 Å². The van der Waals surface area contributed by atoms with E-state index >= 15 is 0 Å². The molecule has 2 unspecified atom stereocenters. The fourth-order valence-corrected chi connectivity index (χ4v) is 2.69. The molecule has 0 aliphatic carbocycles. The van der Waals surface area contributed by atoms with E-state index in [1.807, 2.05) is 0 Å². The molecule has 0 spiro atoms. The van der Waals surface area contributed by atoms with E-state index in [-0.39, 0.29) is 19.8 Å². The van der Waals surface area contributed by atoms with Crippen molar-refractivity contribution in [1.29, 1.82) is 0 Å². The van der Waals surface area contributed by atoms with Gasteiger partial charge in [0.1, 0.15) is 39.6 Å². The summed E-state index contributed by atoms with van der Waals surface area (Å²) in [6.07, 6.45) is -1.10. The van der Waals surface area contributed by atoms with Crippen LogP contribution in [0.5, 0.6) is 0 Å². The molecule has 0 amide bonds. The minimum Gasteiger partial charge on any atom is -0.464 e. The van der Waals surface area contributed by atoms with Gasteiger partial charge in [-0.3, -0.25) is 14.5 Å². The molecule has 0 bridgehead atoms. The minimum absolute atomic E-state index is 0.0975. The molecule has 0 aromatic carbocycles. The first-order chi connectivity index (χ1) is 22.5. The van der Waals surface area contributed by atoms with Gasteiger partial charge in [0.05, 0.1) is 28.4 Å². The van der Waals surface area contributed by atoms with Gasteiger partial charge in [0.15, 0.2) is 6.29 Å². The molecule has 48 heavy (non-hydrogen) atoms.